The van der Waals surface area contributed by atoms with Crippen LogP contribution in [0, 0.1) is 0 Å². The summed E-state index contributed by atoms with van der Waals surface area (Å²) in [7, 11) is 0. The van der Waals surface area contributed by atoms with Crippen LogP contribution in [0.25, 0.3) is 11.5 Å². The Morgan fingerprint density at radius 1 is 1.45 bits per heavy atom. The van der Waals surface area contributed by atoms with Gasteiger partial charge in [-0.25, -0.2) is 0 Å². The van der Waals surface area contributed by atoms with Gasteiger partial charge in [-0.15, -0.1) is 10.2 Å². The molecule has 0 bridgehead atoms. The molecule has 7 nitrogen and oxygen atoms in total. The van der Waals surface area contributed by atoms with Crippen LogP contribution >= 0.6 is 11.8 Å². The topological polar surface area (TPSA) is 90.1 Å². The van der Waals surface area contributed by atoms with Gasteiger partial charge in [0.15, 0.2) is 0 Å². The summed E-state index contributed by atoms with van der Waals surface area (Å²) < 4.78 is 10.9. The Morgan fingerprint density at radius 3 is 3.18 bits per heavy atom. The monoisotopic (exact) mass is 320 g/mol. The quantitative estimate of drug-likeness (QED) is 0.807. The zero-order valence-corrected chi connectivity index (χ0v) is 12.7. The lowest BCUT2D eigenvalue weighted by Crippen LogP contribution is -2.32. The van der Waals surface area contributed by atoms with E-state index in [1.54, 1.807) is 18.5 Å². The summed E-state index contributed by atoms with van der Waals surface area (Å²) in [4.78, 5) is 15.8. The summed E-state index contributed by atoms with van der Waals surface area (Å²) in [6.07, 6.45) is 5.54. The first-order valence-corrected chi connectivity index (χ1v) is 8.05. The number of nitrogens with zero attached hydrogens (tertiary/aromatic N) is 3. The average Bonchev–Trinajstić information content (AvgIpc) is 3.23. The molecule has 2 aromatic heterocycles. The third-order valence-electron chi connectivity index (χ3n) is 3.19. The van der Waals surface area contributed by atoms with E-state index in [9.17, 15) is 4.79 Å². The van der Waals surface area contributed by atoms with Crippen LogP contribution in [0.4, 0.5) is 0 Å². The highest BCUT2D eigenvalue weighted by Crippen LogP contribution is 2.22. The number of nitrogens with one attached hydrogen (secondary N) is 1. The van der Waals surface area contributed by atoms with E-state index in [2.05, 4.69) is 20.5 Å². The first kappa shape index (κ1) is 15.0. The lowest BCUT2D eigenvalue weighted by Gasteiger charge is -2.09. The average molecular weight is 320 g/mol. The zero-order chi connectivity index (χ0) is 15.2. The Labute approximate surface area is 131 Å². The van der Waals surface area contributed by atoms with E-state index in [0.29, 0.717) is 17.7 Å². The predicted octanol–water partition coefficient (Wildman–Crippen LogP) is 1.52. The fourth-order valence-corrected chi connectivity index (χ4v) is 2.68. The van der Waals surface area contributed by atoms with Crippen molar-refractivity contribution in [2.75, 3.05) is 18.9 Å². The molecule has 1 aliphatic rings. The second-order valence-corrected chi connectivity index (χ2v) is 5.77. The normalized spacial score (nSPS) is 17.5. The van der Waals surface area contributed by atoms with Gasteiger partial charge in [0, 0.05) is 25.5 Å². The van der Waals surface area contributed by atoms with Crippen LogP contribution in [-0.4, -0.2) is 46.1 Å². The lowest BCUT2D eigenvalue weighted by atomic mass is 10.2. The van der Waals surface area contributed by atoms with Gasteiger partial charge < -0.3 is 14.5 Å². The predicted molar refractivity (Wildman–Crippen MR) is 80.2 cm³/mol. The van der Waals surface area contributed by atoms with Crippen molar-refractivity contribution >= 4 is 17.7 Å². The van der Waals surface area contributed by atoms with Crippen molar-refractivity contribution in [2.24, 2.45) is 0 Å². The molecular formula is C14H16N4O3S. The van der Waals surface area contributed by atoms with E-state index >= 15 is 0 Å². The van der Waals surface area contributed by atoms with Crippen LogP contribution in [0.5, 0.6) is 0 Å². The molecule has 8 heteroatoms. The second kappa shape index (κ2) is 7.37. The number of amides is 1. The molecule has 1 saturated heterocycles. The van der Waals surface area contributed by atoms with E-state index in [1.165, 1.54) is 11.8 Å². The summed E-state index contributed by atoms with van der Waals surface area (Å²) in [5, 5.41) is 11.1. The molecule has 22 heavy (non-hydrogen) atoms. The van der Waals surface area contributed by atoms with Crippen molar-refractivity contribution in [3.05, 3.63) is 24.5 Å². The molecule has 116 valence electrons. The molecular weight excluding hydrogens is 304 g/mol. The van der Waals surface area contributed by atoms with Crippen molar-refractivity contribution in [3.63, 3.8) is 0 Å². The molecule has 2 aromatic rings. The highest BCUT2D eigenvalue weighted by atomic mass is 32.2. The van der Waals surface area contributed by atoms with Gasteiger partial charge in [-0.3, -0.25) is 9.78 Å². The molecule has 1 atom stereocenters. The summed E-state index contributed by atoms with van der Waals surface area (Å²) >= 11 is 1.21. The molecule has 0 spiro atoms. The maximum Gasteiger partial charge on any atom is 0.277 e. The van der Waals surface area contributed by atoms with Gasteiger partial charge in [-0.05, 0) is 25.0 Å². The van der Waals surface area contributed by atoms with Gasteiger partial charge >= 0.3 is 0 Å². The largest absolute Gasteiger partial charge is 0.411 e. The molecule has 0 radical (unpaired) electrons. The number of pyridine rings is 1. The zero-order valence-electron chi connectivity index (χ0n) is 11.9. The Kier molecular flexibility index (Phi) is 5.02. The van der Waals surface area contributed by atoms with Gasteiger partial charge in [-0.2, -0.15) is 0 Å². The second-order valence-electron chi connectivity index (χ2n) is 4.84. The number of aromatic nitrogens is 3. The van der Waals surface area contributed by atoms with Crippen molar-refractivity contribution in [1.82, 2.24) is 20.5 Å². The van der Waals surface area contributed by atoms with Crippen LogP contribution in [0.3, 0.4) is 0 Å². The van der Waals surface area contributed by atoms with Crippen LogP contribution in [0.1, 0.15) is 12.8 Å². The Balaban J connectivity index is 1.45. The first-order valence-electron chi connectivity index (χ1n) is 7.06. The third-order valence-corrected chi connectivity index (χ3v) is 4.01. The number of rotatable bonds is 6. The highest BCUT2D eigenvalue weighted by Gasteiger charge is 2.16. The number of thioether (sulfide) groups is 1. The summed E-state index contributed by atoms with van der Waals surface area (Å²) in [6.45, 7) is 1.35. The molecule has 0 saturated carbocycles. The van der Waals surface area contributed by atoms with Crippen LogP contribution in [0.15, 0.2) is 34.2 Å². The minimum absolute atomic E-state index is 0.0679. The van der Waals surface area contributed by atoms with Crippen molar-refractivity contribution in [1.29, 1.82) is 0 Å². The number of hydrogen-bond acceptors (Lipinski definition) is 7. The minimum Gasteiger partial charge on any atom is -0.411 e. The van der Waals surface area contributed by atoms with Crippen LogP contribution < -0.4 is 5.32 Å². The van der Waals surface area contributed by atoms with Gasteiger partial charge in [0.1, 0.15) is 0 Å². The van der Waals surface area contributed by atoms with E-state index in [-0.39, 0.29) is 17.8 Å². The lowest BCUT2D eigenvalue weighted by molar-refractivity contribution is -0.119. The third kappa shape index (κ3) is 4.05. The molecule has 0 aromatic carbocycles. The maximum absolute atomic E-state index is 11.8. The number of hydrogen-bond donors (Lipinski definition) is 1. The molecule has 0 unspecified atom stereocenters. The fourth-order valence-electron chi connectivity index (χ4n) is 2.09. The summed E-state index contributed by atoms with van der Waals surface area (Å²) in [6, 6.07) is 3.63. The molecule has 1 N–H and O–H groups in total. The molecule has 1 amide bonds. The van der Waals surface area contributed by atoms with Crippen molar-refractivity contribution in [2.45, 2.75) is 24.2 Å². The minimum atomic E-state index is -0.0679. The fraction of sp³-hybridized carbons (Fsp3) is 0.429. The van der Waals surface area contributed by atoms with E-state index in [0.717, 1.165) is 25.0 Å². The van der Waals surface area contributed by atoms with Crippen LogP contribution in [0.2, 0.25) is 0 Å². The van der Waals surface area contributed by atoms with E-state index in [1.807, 2.05) is 6.07 Å². The van der Waals surface area contributed by atoms with Gasteiger partial charge in [0.2, 0.25) is 11.8 Å². The Morgan fingerprint density at radius 2 is 2.41 bits per heavy atom. The van der Waals surface area contributed by atoms with Gasteiger partial charge in [0.05, 0.1) is 17.4 Å². The SMILES string of the molecule is O=C(CSc1nnc(-c2cccnc2)o1)NC[C@@H]1CCCO1. The number of ether oxygens (including phenoxy) is 1. The molecule has 1 fully saturated rings. The number of carbonyl (C=O) groups excluding carboxylic acids is 1. The molecule has 0 aliphatic carbocycles. The Hall–Kier alpha value is -1.93. The first-order chi connectivity index (χ1) is 10.8. The molecule has 3 heterocycles. The number of carbonyl (C=O) groups is 1. The Bertz CT molecular complexity index is 614. The summed E-state index contributed by atoms with van der Waals surface area (Å²) in [5.74, 6) is 0.568. The van der Waals surface area contributed by atoms with Gasteiger partial charge in [-0.1, -0.05) is 11.8 Å². The summed E-state index contributed by atoms with van der Waals surface area (Å²) in [5.41, 5.74) is 0.754. The van der Waals surface area contributed by atoms with Crippen molar-refractivity contribution < 1.29 is 13.9 Å². The maximum atomic E-state index is 11.8. The van der Waals surface area contributed by atoms with E-state index < -0.39 is 0 Å². The highest BCUT2D eigenvalue weighted by molar-refractivity contribution is 7.99. The standard InChI is InChI=1S/C14H16N4O3S/c19-12(16-8-11-4-2-6-20-11)9-22-14-18-17-13(21-14)10-3-1-5-15-7-10/h1,3,5,7,11H,2,4,6,8-9H2,(H,16,19)/t11-/m0/s1. The van der Waals surface area contributed by atoms with E-state index in [4.69, 9.17) is 9.15 Å². The molecule has 3 rings (SSSR count). The van der Waals surface area contributed by atoms with Gasteiger partial charge in [0.25, 0.3) is 5.22 Å². The smallest absolute Gasteiger partial charge is 0.277 e. The van der Waals surface area contributed by atoms with Crippen LogP contribution in [-0.2, 0) is 9.53 Å². The van der Waals surface area contributed by atoms with Crippen molar-refractivity contribution in [3.8, 4) is 11.5 Å². The molecule has 1 aliphatic heterocycles.